The van der Waals surface area contributed by atoms with Crippen LogP contribution < -0.4 is 25.0 Å². The van der Waals surface area contributed by atoms with Crippen LogP contribution in [0.25, 0.3) is 0 Å². The van der Waals surface area contributed by atoms with Gasteiger partial charge in [0.15, 0.2) is 0 Å². The molecular weight excluding hydrogens is 412 g/mol. The Morgan fingerprint density at radius 2 is 2.00 bits per heavy atom. The van der Waals surface area contributed by atoms with E-state index in [4.69, 9.17) is 21.1 Å². The number of urea groups is 1. The second kappa shape index (κ2) is 9.42. The van der Waals surface area contributed by atoms with Gasteiger partial charge in [0.25, 0.3) is 5.91 Å². The SMILES string of the molecule is CCOc1cc(N2CCN(C(=O)CC[C@H]3NC(=O)NC3=O)C[C@@H]2C)cc(OC)c1Cl. The van der Waals surface area contributed by atoms with E-state index in [9.17, 15) is 14.4 Å². The summed E-state index contributed by atoms with van der Waals surface area (Å²) in [5, 5.41) is 5.13. The van der Waals surface area contributed by atoms with Gasteiger partial charge in [-0.2, -0.15) is 0 Å². The van der Waals surface area contributed by atoms with Gasteiger partial charge in [-0.1, -0.05) is 11.6 Å². The number of halogens is 1. The summed E-state index contributed by atoms with van der Waals surface area (Å²) < 4.78 is 11.0. The van der Waals surface area contributed by atoms with Crippen LogP contribution in [0.15, 0.2) is 12.1 Å². The van der Waals surface area contributed by atoms with Crippen LogP contribution in [0.1, 0.15) is 26.7 Å². The maximum absolute atomic E-state index is 12.6. The highest BCUT2D eigenvalue weighted by atomic mass is 35.5. The van der Waals surface area contributed by atoms with Gasteiger partial charge in [0, 0.05) is 49.9 Å². The van der Waals surface area contributed by atoms with Crippen LogP contribution in [0, 0.1) is 0 Å². The van der Waals surface area contributed by atoms with Gasteiger partial charge < -0.3 is 24.6 Å². The smallest absolute Gasteiger partial charge is 0.322 e. The number of nitrogens with zero attached hydrogens (tertiary/aromatic N) is 2. The number of ether oxygens (including phenoxy) is 2. The molecule has 0 aromatic heterocycles. The topological polar surface area (TPSA) is 100 Å². The van der Waals surface area contributed by atoms with Crippen LogP contribution in [0.2, 0.25) is 5.02 Å². The Labute approximate surface area is 180 Å². The van der Waals surface area contributed by atoms with Gasteiger partial charge in [0.1, 0.15) is 22.6 Å². The summed E-state index contributed by atoms with van der Waals surface area (Å²) in [6.07, 6.45) is 0.492. The summed E-state index contributed by atoms with van der Waals surface area (Å²) >= 11 is 6.33. The molecule has 2 atom stereocenters. The van der Waals surface area contributed by atoms with Crippen LogP contribution >= 0.6 is 11.6 Å². The van der Waals surface area contributed by atoms with E-state index in [2.05, 4.69) is 15.5 Å². The second-order valence-electron chi connectivity index (χ2n) is 7.33. The minimum Gasteiger partial charge on any atom is -0.495 e. The first kappa shape index (κ1) is 22.0. The highest BCUT2D eigenvalue weighted by molar-refractivity contribution is 6.33. The van der Waals surface area contributed by atoms with E-state index in [0.29, 0.717) is 42.8 Å². The molecule has 3 rings (SSSR count). The lowest BCUT2D eigenvalue weighted by atomic mass is 10.1. The van der Waals surface area contributed by atoms with Crippen molar-refractivity contribution in [3.8, 4) is 11.5 Å². The number of rotatable bonds is 7. The maximum atomic E-state index is 12.6. The number of carbonyl (C=O) groups is 3. The zero-order valence-corrected chi connectivity index (χ0v) is 18.1. The lowest BCUT2D eigenvalue weighted by Gasteiger charge is -2.41. The Morgan fingerprint density at radius 1 is 1.27 bits per heavy atom. The average Bonchev–Trinajstić information content (AvgIpc) is 3.04. The van der Waals surface area contributed by atoms with Gasteiger partial charge in [-0.25, -0.2) is 4.79 Å². The monoisotopic (exact) mass is 438 g/mol. The van der Waals surface area contributed by atoms with Crippen molar-refractivity contribution < 1.29 is 23.9 Å². The molecule has 9 nitrogen and oxygen atoms in total. The Bertz CT molecular complexity index is 834. The molecule has 4 amide bonds. The number of imide groups is 1. The summed E-state index contributed by atoms with van der Waals surface area (Å²) in [6, 6.07) is 2.69. The van der Waals surface area contributed by atoms with E-state index in [1.807, 2.05) is 26.0 Å². The third-order valence-corrected chi connectivity index (χ3v) is 5.70. The minimum absolute atomic E-state index is 0.0286. The number of methoxy groups -OCH3 is 1. The standard InChI is InChI=1S/C20H27ClN4O5/c1-4-30-16-10-13(9-15(29-3)18(16)21)25-8-7-24(11-12(25)2)17(26)6-5-14-19(27)23-20(28)22-14/h9-10,12,14H,4-8,11H2,1-3H3,(H2,22,23,27,28)/t12-,14+/m0/s1. The molecule has 2 heterocycles. The molecule has 2 aliphatic rings. The molecule has 10 heteroatoms. The van der Waals surface area contributed by atoms with Crippen molar-refractivity contribution in [3.63, 3.8) is 0 Å². The summed E-state index contributed by atoms with van der Waals surface area (Å²) in [5.41, 5.74) is 0.921. The molecular formula is C20H27ClN4O5. The van der Waals surface area contributed by atoms with E-state index in [1.165, 1.54) is 0 Å². The largest absolute Gasteiger partial charge is 0.495 e. The number of benzene rings is 1. The summed E-state index contributed by atoms with van der Waals surface area (Å²) in [7, 11) is 1.56. The quantitative estimate of drug-likeness (QED) is 0.629. The fourth-order valence-electron chi connectivity index (χ4n) is 3.79. The van der Waals surface area contributed by atoms with Crippen molar-refractivity contribution in [3.05, 3.63) is 17.2 Å². The molecule has 30 heavy (non-hydrogen) atoms. The molecule has 164 valence electrons. The Morgan fingerprint density at radius 3 is 2.60 bits per heavy atom. The maximum Gasteiger partial charge on any atom is 0.322 e. The minimum atomic E-state index is -0.640. The molecule has 0 saturated carbocycles. The van der Waals surface area contributed by atoms with Crippen LogP contribution in [0.5, 0.6) is 11.5 Å². The number of hydrogen-bond donors (Lipinski definition) is 2. The van der Waals surface area contributed by atoms with Crippen molar-refractivity contribution >= 4 is 35.1 Å². The fourth-order valence-corrected chi connectivity index (χ4v) is 4.03. The van der Waals surface area contributed by atoms with E-state index in [-0.39, 0.29) is 30.7 Å². The van der Waals surface area contributed by atoms with Gasteiger partial charge in [-0.05, 0) is 20.3 Å². The van der Waals surface area contributed by atoms with Crippen molar-refractivity contribution in [1.29, 1.82) is 0 Å². The summed E-state index contributed by atoms with van der Waals surface area (Å²) in [6.45, 7) is 6.18. The second-order valence-corrected chi connectivity index (χ2v) is 7.71. The molecule has 0 bridgehead atoms. The zero-order chi connectivity index (χ0) is 21.8. The van der Waals surface area contributed by atoms with Crippen LogP contribution in [-0.4, -0.2) is 68.2 Å². The summed E-state index contributed by atoms with van der Waals surface area (Å²) in [4.78, 5) is 39.4. The molecule has 1 aromatic carbocycles. The highest BCUT2D eigenvalue weighted by Crippen LogP contribution is 2.39. The third-order valence-electron chi connectivity index (χ3n) is 5.33. The molecule has 1 aromatic rings. The highest BCUT2D eigenvalue weighted by Gasteiger charge is 2.32. The molecule has 2 fully saturated rings. The zero-order valence-electron chi connectivity index (χ0n) is 17.4. The molecule has 0 aliphatic carbocycles. The number of piperazine rings is 1. The molecule has 0 spiro atoms. The predicted molar refractivity (Wildman–Crippen MR) is 112 cm³/mol. The number of hydrogen-bond acceptors (Lipinski definition) is 6. The third kappa shape index (κ3) is 4.72. The normalized spacial score (nSPS) is 21.3. The Hall–Kier alpha value is -2.68. The van der Waals surface area contributed by atoms with E-state index in [0.717, 1.165) is 5.69 Å². The number of amides is 4. The molecule has 2 saturated heterocycles. The van der Waals surface area contributed by atoms with Gasteiger partial charge >= 0.3 is 6.03 Å². The molecule has 0 radical (unpaired) electrons. The van der Waals surface area contributed by atoms with Crippen molar-refractivity contribution in [2.24, 2.45) is 0 Å². The van der Waals surface area contributed by atoms with Crippen molar-refractivity contribution in [2.75, 3.05) is 38.3 Å². The first-order chi connectivity index (χ1) is 14.3. The summed E-state index contributed by atoms with van der Waals surface area (Å²) in [5.74, 6) is 0.697. The number of carbonyl (C=O) groups excluding carboxylic acids is 3. The Balaban J connectivity index is 1.62. The average molecular weight is 439 g/mol. The molecule has 2 N–H and O–H groups in total. The van der Waals surface area contributed by atoms with Gasteiger partial charge in [-0.3, -0.25) is 14.9 Å². The van der Waals surface area contributed by atoms with E-state index < -0.39 is 12.1 Å². The van der Waals surface area contributed by atoms with E-state index in [1.54, 1.807) is 12.0 Å². The Kier molecular flexibility index (Phi) is 6.91. The molecule has 2 aliphatic heterocycles. The lowest BCUT2D eigenvalue weighted by Crippen LogP contribution is -2.54. The van der Waals surface area contributed by atoms with Crippen LogP contribution in [-0.2, 0) is 9.59 Å². The number of nitrogens with one attached hydrogen (secondary N) is 2. The predicted octanol–water partition coefficient (Wildman–Crippen LogP) is 1.77. The first-order valence-corrected chi connectivity index (χ1v) is 10.4. The lowest BCUT2D eigenvalue weighted by molar-refractivity contribution is -0.132. The van der Waals surface area contributed by atoms with Gasteiger partial charge in [-0.15, -0.1) is 0 Å². The van der Waals surface area contributed by atoms with Gasteiger partial charge in [0.2, 0.25) is 5.91 Å². The molecule has 0 unspecified atom stereocenters. The fraction of sp³-hybridized carbons (Fsp3) is 0.550. The van der Waals surface area contributed by atoms with Crippen molar-refractivity contribution in [2.45, 2.75) is 38.8 Å². The van der Waals surface area contributed by atoms with Gasteiger partial charge in [0.05, 0.1) is 13.7 Å². The first-order valence-electron chi connectivity index (χ1n) is 10.00. The van der Waals surface area contributed by atoms with Crippen LogP contribution in [0.3, 0.4) is 0 Å². The van der Waals surface area contributed by atoms with Crippen LogP contribution in [0.4, 0.5) is 10.5 Å². The van der Waals surface area contributed by atoms with E-state index >= 15 is 0 Å². The number of anilines is 1. The van der Waals surface area contributed by atoms with Crippen molar-refractivity contribution in [1.82, 2.24) is 15.5 Å².